The minimum atomic E-state index is -0.0246. The maximum absolute atomic E-state index is 12.0. The molecule has 2 atom stereocenters. The molecule has 1 fully saturated rings. The van der Waals surface area contributed by atoms with Crippen LogP contribution in [0.5, 0.6) is 5.75 Å². The third-order valence-corrected chi connectivity index (χ3v) is 5.25. The Hall–Kier alpha value is -0.550. The molecule has 0 aliphatic heterocycles. The van der Waals surface area contributed by atoms with E-state index in [4.69, 9.17) is 4.74 Å². The Kier molecular flexibility index (Phi) is 4.45. The zero-order chi connectivity index (χ0) is 12.3. The van der Waals surface area contributed by atoms with Gasteiger partial charge in [0.25, 0.3) is 5.91 Å². The van der Waals surface area contributed by atoms with Crippen molar-refractivity contribution in [3.8, 4) is 5.75 Å². The second-order valence-corrected chi connectivity index (χ2v) is 6.33. The van der Waals surface area contributed by atoms with Crippen molar-refractivity contribution in [1.82, 2.24) is 5.32 Å². The van der Waals surface area contributed by atoms with Gasteiger partial charge in [-0.1, -0.05) is 22.4 Å². The number of methoxy groups -OCH3 is 1. The summed E-state index contributed by atoms with van der Waals surface area (Å²) in [6.45, 7) is 0.746. The zero-order valence-electron chi connectivity index (χ0n) is 9.74. The highest BCUT2D eigenvalue weighted by atomic mass is 79.9. The molecular formula is C12H16BrNO2S. The van der Waals surface area contributed by atoms with Crippen LogP contribution in [0.15, 0.2) is 11.4 Å². The second-order valence-electron chi connectivity index (χ2n) is 4.24. The summed E-state index contributed by atoms with van der Waals surface area (Å²) < 4.78 is 5.14. The van der Waals surface area contributed by atoms with Crippen molar-refractivity contribution in [3.63, 3.8) is 0 Å². The lowest BCUT2D eigenvalue weighted by atomic mass is 10.1. The van der Waals surface area contributed by atoms with Gasteiger partial charge in [-0.3, -0.25) is 4.79 Å². The lowest BCUT2D eigenvalue weighted by molar-refractivity contribution is 0.0949. The number of hydrogen-bond acceptors (Lipinski definition) is 3. The number of hydrogen-bond donors (Lipinski definition) is 1. The highest BCUT2D eigenvalue weighted by Crippen LogP contribution is 2.31. The number of alkyl halides is 1. The minimum Gasteiger partial charge on any atom is -0.495 e. The van der Waals surface area contributed by atoms with Crippen molar-refractivity contribution in [2.45, 2.75) is 24.1 Å². The number of carbonyl (C=O) groups excluding carboxylic acids is 1. The molecule has 1 amide bonds. The highest BCUT2D eigenvalue weighted by Gasteiger charge is 2.25. The SMILES string of the molecule is COc1ccsc1C(=O)NCC1CCCC1Br. The van der Waals surface area contributed by atoms with Crippen molar-refractivity contribution < 1.29 is 9.53 Å². The van der Waals surface area contributed by atoms with Crippen molar-refractivity contribution in [3.05, 3.63) is 16.3 Å². The molecule has 0 spiro atoms. The number of rotatable bonds is 4. The fourth-order valence-electron chi connectivity index (χ4n) is 2.15. The predicted molar refractivity (Wildman–Crippen MR) is 73.3 cm³/mol. The Balaban J connectivity index is 1.89. The third kappa shape index (κ3) is 3.01. The Morgan fingerprint density at radius 1 is 1.65 bits per heavy atom. The van der Waals surface area contributed by atoms with Gasteiger partial charge in [-0.15, -0.1) is 11.3 Å². The molecule has 0 radical (unpaired) electrons. The standard InChI is InChI=1S/C12H16BrNO2S/c1-16-10-5-6-17-11(10)12(15)14-7-8-3-2-4-9(8)13/h5-6,8-9H,2-4,7H2,1H3,(H,14,15). The summed E-state index contributed by atoms with van der Waals surface area (Å²) in [7, 11) is 1.59. The maximum Gasteiger partial charge on any atom is 0.265 e. The summed E-state index contributed by atoms with van der Waals surface area (Å²) in [5.41, 5.74) is 0. The fraction of sp³-hybridized carbons (Fsp3) is 0.583. The Morgan fingerprint density at radius 2 is 2.47 bits per heavy atom. The first-order valence-corrected chi connectivity index (χ1v) is 7.55. The number of thiophene rings is 1. The molecule has 5 heteroatoms. The van der Waals surface area contributed by atoms with E-state index in [2.05, 4.69) is 21.2 Å². The van der Waals surface area contributed by atoms with Crippen LogP contribution in [-0.2, 0) is 0 Å². The summed E-state index contributed by atoms with van der Waals surface area (Å²) in [6, 6.07) is 1.82. The van der Waals surface area contributed by atoms with E-state index in [1.165, 1.54) is 30.6 Å². The van der Waals surface area contributed by atoms with E-state index in [1.807, 2.05) is 11.4 Å². The van der Waals surface area contributed by atoms with Gasteiger partial charge in [0.15, 0.2) is 0 Å². The van der Waals surface area contributed by atoms with Gasteiger partial charge in [0.2, 0.25) is 0 Å². The van der Waals surface area contributed by atoms with Gasteiger partial charge >= 0.3 is 0 Å². The van der Waals surface area contributed by atoms with Crippen LogP contribution < -0.4 is 10.1 Å². The van der Waals surface area contributed by atoms with E-state index in [1.54, 1.807) is 7.11 Å². The topological polar surface area (TPSA) is 38.3 Å². The van der Waals surface area contributed by atoms with Gasteiger partial charge in [-0.2, -0.15) is 0 Å². The van der Waals surface area contributed by atoms with Gasteiger partial charge in [0, 0.05) is 11.4 Å². The fourth-order valence-corrected chi connectivity index (χ4v) is 3.70. The lowest BCUT2D eigenvalue weighted by Gasteiger charge is -2.14. The molecule has 0 bridgehead atoms. The summed E-state index contributed by atoms with van der Waals surface area (Å²) in [4.78, 5) is 13.2. The second kappa shape index (κ2) is 5.87. The molecule has 1 N–H and O–H groups in total. The van der Waals surface area contributed by atoms with Gasteiger partial charge < -0.3 is 10.1 Å². The molecule has 1 aliphatic carbocycles. The van der Waals surface area contributed by atoms with Crippen molar-refractivity contribution in [2.24, 2.45) is 5.92 Å². The summed E-state index contributed by atoms with van der Waals surface area (Å²) in [5, 5.41) is 4.87. The first-order chi connectivity index (χ1) is 8.22. The normalized spacial score (nSPS) is 23.6. The van der Waals surface area contributed by atoms with Gasteiger partial charge in [-0.05, 0) is 30.2 Å². The molecule has 0 aromatic carbocycles. The van der Waals surface area contributed by atoms with E-state index in [0.29, 0.717) is 21.4 Å². The van der Waals surface area contributed by atoms with E-state index < -0.39 is 0 Å². The van der Waals surface area contributed by atoms with Crippen LogP contribution >= 0.6 is 27.3 Å². The minimum absolute atomic E-state index is 0.0246. The predicted octanol–water partition coefficient (Wildman–Crippen LogP) is 3.05. The number of carbonyl (C=O) groups is 1. The monoisotopic (exact) mass is 317 g/mol. The molecule has 1 aromatic heterocycles. The van der Waals surface area contributed by atoms with E-state index >= 15 is 0 Å². The molecule has 0 saturated heterocycles. The summed E-state index contributed by atoms with van der Waals surface area (Å²) in [5.74, 6) is 1.20. The smallest absolute Gasteiger partial charge is 0.265 e. The van der Waals surface area contributed by atoms with E-state index in [-0.39, 0.29) is 5.91 Å². The van der Waals surface area contributed by atoms with Crippen LogP contribution in [-0.4, -0.2) is 24.4 Å². The van der Waals surface area contributed by atoms with Crippen molar-refractivity contribution >= 4 is 33.2 Å². The highest BCUT2D eigenvalue weighted by molar-refractivity contribution is 9.09. The number of nitrogens with one attached hydrogen (secondary N) is 1. The van der Waals surface area contributed by atoms with Crippen molar-refractivity contribution in [1.29, 1.82) is 0 Å². The summed E-state index contributed by atoms with van der Waals surface area (Å²) >= 11 is 5.08. The lowest BCUT2D eigenvalue weighted by Crippen LogP contribution is -2.30. The van der Waals surface area contributed by atoms with Gasteiger partial charge in [-0.25, -0.2) is 0 Å². The first-order valence-electron chi connectivity index (χ1n) is 5.76. The molecule has 2 unspecified atom stereocenters. The third-order valence-electron chi connectivity index (χ3n) is 3.15. The number of ether oxygens (including phenoxy) is 1. The molecule has 1 saturated carbocycles. The van der Waals surface area contributed by atoms with E-state index in [0.717, 1.165) is 6.54 Å². The molecule has 94 valence electrons. The molecule has 17 heavy (non-hydrogen) atoms. The van der Waals surface area contributed by atoms with Crippen LogP contribution in [0.1, 0.15) is 28.9 Å². The van der Waals surface area contributed by atoms with Crippen molar-refractivity contribution in [2.75, 3.05) is 13.7 Å². The molecule has 3 nitrogen and oxygen atoms in total. The van der Waals surface area contributed by atoms with Crippen LogP contribution in [0.3, 0.4) is 0 Å². The first kappa shape index (κ1) is 12.9. The van der Waals surface area contributed by atoms with Crippen LogP contribution in [0.2, 0.25) is 0 Å². The average molecular weight is 318 g/mol. The number of amides is 1. The van der Waals surface area contributed by atoms with Gasteiger partial charge in [0.1, 0.15) is 10.6 Å². The maximum atomic E-state index is 12.0. The Bertz CT molecular complexity index is 394. The Labute approximate surface area is 114 Å². The molecule has 2 rings (SSSR count). The molecule has 1 heterocycles. The average Bonchev–Trinajstić information content (AvgIpc) is 2.94. The summed E-state index contributed by atoms with van der Waals surface area (Å²) in [6.07, 6.45) is 3.65. The molecule has 1 aromatic rings. The Morgan fingerprint density at radius 3 is 3.12 bits per heavy atom. The quantitative estimate of drug-likeness (QED) is 0.867. The van der Waals surface area contributed by atoms with E-state index in [9.17, 15) is 4.79 Å². The van der Waals surface area contributed by atoms with Crippen LogP contribution in [0, 0.1) is 5.92 Å². The largest absolute Gasteiger partial charge is 0.495 e. The van der Waals surface area contributed by atoms with Crippen LogP contribution in [0.4, 0.5) is 0 Å². The molecular weight excluding hydrogens is 302 g/mol. The van der Waals surface area contributed by atoms with Crippen LogP contribution in [0.25, 0.3) is 0 Å². The van der Waals surface area contributed by atoms with Gasteiger partial charge in [0.05, 0.1) is 7.11 Å². The number of halogens is 1. The molecule has 1 aliphatic rings. The zero-order valence-corrected chi connectivity index (χ0v) is 12.1.